The Hall–Kier alpha value is -1.01. The van der Waals surface area contributed by atoms with Gasteiger partial charge in [-0.1, -0.05) is 54.8 Å². The largest absolute Gasteiger partial charge is 0.392 e. The van der Waals surface area contributed by atoms with Gasteiger partial charge >= 0.3 is 0 Å². The minimum atomic E-state index is -0.918. The molecule has 3 nitrogen and oxygen atoms in total. The number of rotatable bonds is 7. The van der Waals surface area contributed by atoms with Crippen LogP contribution in [0.15, 0.2) is 22.7 Å². The van der Waals surface area contributed by atoms with E-state index in [4.69, 9.17) is 18.0 Å². The molecule has 0 aliphatic carbocycles. The number of carbonyl (C=O) groups is 1. The van der Waals surface area contributed by atoms with E-state index >= 15 is 0 Å². The zero-order chi connectivity index (χ0) is 16.0. The Balaban J connectivity index is 3.08. The quantitative estimate of drug-likeness (QED) is 0.695. The van der Waals surface area contributed by atoms with E-state index in [0.29, 0.717) is 17.3 Å². The van der Waals surface area contributed by atoms with Crippen LogP contribution < -0.4 is 11.1 Å². The van der Waals surface area contributed by atoms with Crippen LogP contribution in [0.5, 0.6) is 0 Å². The van der Waals surface area contributed by atoms with E-state index in [1.807, 2.05) is 13.8 Å². The zero-order valence-electron chi connectivity index (χ0n) is 12.2. The van der Waals surface area contributed by atoms with E-state index in [9.17, 15) is 9.18 Å². The van der Waals surface area contributed by atoms with E-state index in [-0.39, 0.29) is 16.6 Å². The molecule has 116 valence electrons. The molecule has 0 radical (unpaired) electrons. The maximum absolute atomic E-state index is 13.9. The van der Waals surface area contributed by atoms with Crippen LogP contribution in [0.4, 0.5) is 10.1 Å². The van der Waals surface area contributed by atoms with Crippen molar-refractivity contribution >= 4 is 44.7 Å². The summed E-state index contributed by atoms with van der Waals surface area (Å²) in [5, 5.41) is 2.63. The Morgan fingerprint density at radius 2 is 1.95 bits per heavy atom. The van der Waals surface area contributed by atoms with Gasteiger partial charge in [-0.2, -0.15) is 0 Å². The van der Waals surface area contributed by atoms with Crippen molar-refractivity contribution in [3.05, 3.63) is 28.5 Å². The highest BCUT2D eigenvalue weighted by atomic mass is 79.9. The van der Waals surface area contributed by atoms with Gasteiger partial charge in [0.05, 0.1) is 16.1 Å². The number of halogens is 2. The topological polar surface area (TPSA) is 55.1 Å². The summed E-state index contributed by atoms with van der Waals surface area (Å²) in [4.78, 5) is 12.8. The standard InChI is InChI=1S/C15H20BrFN2OS/c1-3-7-15(8-4-2,13(18)21)14(20)19-12-6-5-10(16)9-11(12)17/h5-6,9H,3-4,7-8H2,1-2H3,(H2,18,21)(H,19,20). The normalized spacial score (nSPS) is 11.2. The van der Waals surface area contributed by atoms with Crippen LogP contribution in [0, 0.1) is 11.2 Å². The lowest BCUT2D eigenvalue weighted by Crippen LogP contribution is -2.46. The maximum atomic E-state index is 13.9. The smallest absolute Gasteiger partial charge is 0.237 e. The Kier molecular flexibility index (Phi) is 6.74. The van der Waals surface area contributed by atoms with E-state index in [2.05, 4.69) is 21.2 Å². The van der Waals surface area contributed by atoms with Crippen molar-refractivity contribution in [2.75, 3.05) is 5.32 Å². The summed E-state index contributed by atoms with van der Waals surface area (Å²) in [6.07, 6.45) is 2.65. The lowest BCUT2D eigenvalue weighted by molar-refractivity contribution is -0.122. The summed E-state index contributed by atoms with van der Waals surface area (Å²) in [6.45, 7) is 3.94. The molecule has 1 amide bonds. The molecule has 1 rings (SSSR count). The number of hydrogen-bond donors (Lipinski definition) is 2. The molecule has 0 atom stereocenters. The fourth-order valence-electron chi connectivity index (χ4n) is 2.40. The van der Waals surface area contributed by atoms with Crippen molar-refractivity contribution in [1.82, 2.24) is 0 Å². The predicted molar refractivity (Wildman–Crippen MR) is 91.8 cm³/mol. The molecule has 6 heteroatoms. The van der Waals surface area contributed by atoms with Crippen molar-refractivity contribution in [2.24, 2.45) is 11.1 Å². The summed E-state index contributed by atoms with van der Waals surface area (Å²) in [5.41, 5.74) is 5.05. The molecule has 0 aliphatic rings. The molecular weight excluding hydrogens is 355 g/mol. The van der Waals surface area contributed by atoms with Gasteiger partial charge in [0.15, 0.2) is 0 Å². The number of carbonyl (C=O) groups excluding carboxylic acids is 1. The zero-order valence-corrected chi connectivity index (χ0v) is 14.6. The molecule has 0 unspecified atom stereocenters. The molecule has 1 aromatic rings. The van der Waals surface area contributed by atoms with Crippen molar-refractivity contribution in [2.45, 2.75) is 39.5 Å². The number of nitrogens with one attached hydrogen (secondary N) is 1. The van der Waals surface area contributed by atoms with Crippen LogP contribution in [0.25, 0.3) is 0 Å². The highest BCUT2D eigenvalue weighted by Gasteiger charge is 2.40. The lowest BCUT2D eigenvalue weighted by atomic mass is 9.78. The number of benzene rings is 1. The average molecular weight is 375 g/mol. The van der Waals surface area contributed by atoms with Gasteiger partial charge in [0.25, 0.3) is 0 Å². The van der Waals surface area contributed by atoms with Gasteiger partial charge in [0.1, 0.15) is 5.82 Å². The van der Waals surface area contributed by atoms with Gasteiger partial charge in [-0.05, 0) is 31.0 Å². The van der Waals surface area contributed by atoms with E-state index in [0.717, 1.165) is 12.8 Å². The average Bonchev–Trinajstić information content (AvgIpc) is 2.41. The second-order valence-corrected chi connectivity index (χ2v) is 6.38. The number of anilines is 1. The van der Waals surface area contributed by atoms with Crippen molar-refractivity contribution in [3.63, 3.8) is 0 Å². The van der Waals surface area contributed by atoms with Crippen molar-refractivity contribution in [1.29, 1.82) is 0 Å². The van der Waals surface area contributed by atoms with E-state index in [1.165, 1.54) is 12.1 Å². The highest BCUT2D eigenvalue weighted by Crippen LogP contribution is 2.33. The number of nitrogens with two attached hydrogens (primary N) is 1. The van der Waals surface area contributed by atoms with Gasteiger partial charge in [-0.25, -0.2) is 4.39 Å². The van der Waals surface area contributed by atoms with Gasteiger partial charge in [-0.3, -0.25) is 4.79 Å². The van der Waals surface area contributed by atoms with Gasteiger partial charge < -0.3 is 11.1 Å². The summed E-state index contributed by atoms with van der Waals surface area (Å²) in [6, 6.07) is 4.48. The Morgan fingerprint density at radius 3 is 2.38 bits per heavy atom. The minimum Gasteiger partial charge on any atom is -0.392 e. The molecule has 0 bridgehead atoms. The number of thiocarbonyl (C=S) groups is 1. The van der Waals surface area contributed by atoms with E-state index in [1.54, 1.807) is 6.07 Å². The second-order valence-electron chi connectivity index (χ2n) is 5.02. The minimum absolute atomic E-state index is 0.135. The first-order valence-electron chi connectivity index (χ1n) is 6.93. The Morgan fingerprint density at radius 1 is 1.38 bits per heavy atom. The van der Waals surface area contributed by atoms with Gasteiger partial charge in [0, 0.05) is 4.47 Å². The van der Waals surface area contributed by atoms with Crippen LogP contribution in [-0.4, -0.2) is 10.9 Å². The summed E-state index contributed by atoms with van der Waals surface area (Å²) < 4.78 is 14.5. The number of hydrogen-bond acceptors (Lipinski definition) is 2. The van der Waals surface area contributed by atoms with Crippen LogP contribution in [-0.2, 0) is 4.79 Å². The van der Waals surface area contributed by atoms with Crippen molar-refractivity contribution in [3.8, 4) is 0 Å². The van der Waals surface area contributed by atoms with Gasteiger partial charge in [0.2, 0.25) is 5.91 Å². The molecule has 0 saturated carbocycles. The first-order chi connectivity index (χ1) is 9.87. The maximum Gasteiger partial charge on any atom is 0.237 e. The molecule has 1 aromatic carbocycles. The SMILES string of the molecule is CCCC(CCC)(C(=O)Nc1ccc(Br)cc1F)C(N)=S. The second kappa shape index (κ2) is 7.84. The highest BCUT2D eigenvalue weighted by molar-refractivity contribution is 9.10. The number of amides is 1. The van der Waals surface area contributed by atoms with Gasteiger partial charge in [-0.15, -0.1) is 0 Å². The molecule has 0 aliphatic heterocycles. The third-order valence-corrected chi connectivity index (χ3v) is 4.32. The summed E-state index contributed by atoms with van der Waals surface area (Å²) in [5.74, 6) is -0.831. The summed E-state index contributed by atoms with van der Waals surface area (Å²) in [7, 11) is 0. The summed E-state index contributed by atoms with van der Waals surface area (Å²) >= 11 is 8.30. The van der Waals surface area contributed by atoms with Crippen LogP contribution in [0.1, 0.15) is 39.5 Å². The van der Waals surface area contributed by atoms with E-state index < -0.39 is 11.2 Å². The Labute approximate surface area is 138 Å². The fraction of sp³-hybridized carbons (Fsp3) is 0.467. The molecule has 0 aromatic heterocycles. The molecule has 21 heavy (non-hydrogen) atoms. The molecule has 3 N–H and O–H groups in total. The molecule has 0 spiro atoms. The van der Waals surface area contributed by atoms with Crippen molar-refractivity contribution < 1.29 is 9.18 Å². The third kappa shape index (κ3) is 4.23. The van der Waals surface area contributed by atoms with Crippen LogP contribution in [0.3, 0.4) is 0 Å². The molecule has 0 heterocycles. The molecule has 0 saturated heterocycles. The predicted octanol–water partition coefficient (Wildman–Crippen LogP) is 4.40. The first kappa shape index (κ1) is 18.0. The van der Waals surface area contributed by atoms with Crippen LogP contribution >= 0.6 is 28.1 Å². The molecule has 0 fully saturated rings. The molecular formula is C15H20BrFN2OS. The fourth-order valence-corrected chi connectivity index (χ4v) is 3.03. The third-order valence-electron chi connectivity index (χ3n) is 3.44. The van der Waals surface area contributed by atoms with Crippen LogP contribution in [0.2, 0.25) is 0 Å². The Bertz CT molecular complexity index is 530. The lowest BCUT2D eigenvalue weighted by Gasteiger charge is -2.31. The first-order valence-corrected chi connectivity index (χ1v) is 8.14. The monoisotopic (exact) mass is 374 g/mol.